The van der Waals surface area contributed by atoms with Gasteiger partial charge in [0.05, 0.1) is 10.6 Å². The second-order valence-electron chi connectivity index (χ2n) is 3.21. The van der Waals surface area contributed by atoms with Gasteiger partial charge in [-0.2, -0.15) is 0 Å². The minimum absolute atomic E-state index is 0. The maximum absolute atomic E-state index is 5.80. The molecule has 0 radical (unpaired) electrons. The second kappa shape index (κ2) is 5.26. The molecule has 2 heterocycles. The fourth-order valence-corrected chi connectivity index (χ4v) is 2.18. The number of hydrogen-bond acceptors (Lipinski definition) is 3. The number of halogens is 1. The molecule has 0 unspecified atom stereocenters. The van der Waals surface area contributed by atoms with Crippen LogP contribution in [0.15, 0.2) is 36.5 Å². The molecule has 0 spiro atoms. The molecular formula is C11H13ClN2S. The smallest absolute Gasteiger partial charge is 0.0801 e. The highest BCUT2D eigenvalue weighted by Crippen LogP contribution is 2.28. The first-order valence-corrected chi connectivity index (χ1v) is 5.36. The van der Waals surface area contributed by atoms with Gasteiger partial charge in [0.25, 0.3) is 0 Å². The van der Waals surface area contributed by atoms with E-state index in [0.29, 0.717) is 0 Å². The number of nitrogens with zero attached hydrogens (tertiary/aromatic N) is 1. The number of thiophene rings is 1. The molecule has 80 valence electrons. The molecule has 0 saturated carbocycles. The molecule has 0 aromatic carbocycles. The Bertz CT molecular complexity index is 412. The fraction of sp³-hybridized carbons (Fsp3) is 0.182. The summed E-state index contributed by atoms with van der Waals surface area (Å²) in [4.78, 5) is 6.67. The van der Waals surface area contributed by atoms with Crippen LogP contribution in [0.25, 0.3) is 10.6 Å². The van der Waals surface area contributed by atoms with Gasteiger partial charge in [-0.15, -0.1) is 23.7 Å². The highest BCUT2D eigenvalue weighted by molar-refractivity contribution is 7.15. The van der Waals surface area contributed by atoms with Crippen LogP contribution in [0.3, 0.4) is 0 Å². The van der Waals surface area contributed by atoms with Crippen molar-refractivity contribution in [2.24, 2.45) is 5.73 Å². The summed E-state index contributed by atoms with van der Waals surface area (Å²) in [6, 6.07) is 10.2. The number of pyridine rings is 1. The molecule has 2 nitrogen and oxygen atoms in total. The molecule has 0 bridgehead atoms. The van der Waals surface area contributed by atoms with Crippen molar-refractivity contribution >= 4 is 23.7 Å². The summed E-state index contributed by atoms with van der Waals surface area (Å²) in [5.74, 6) is 0. The van der Waals surface area contributed by atoms with E-state index in [4.69, 9.17) is 5.73 Å². The van der Waals surface area contributed by atoms with Crippen molar-refractivity contribution in [1.29, 1.82) is 0 Å². The Kier molecular flexibility index (Phi) is 4.27. The van der Waals surface area contributed by atoms with Gasteiger partial charge >= 0.3 is 0 Å². The molecule has 0 aliphatic rings. The highest BCUT2D eigenvalue weighted by Gasteiger charge is 2.05. The molecule has 2 rings (SSSR count). The third kappa shape index (κ3) is 2.78. The largest absolute Gasteiger partial charge is 0.324 e. The number of nitrogens with two attached hydrogens (primary N) is 1. The van der Waals surface area contributed by atoms with Crippen molar-refractivity contribution in [3.8, 4) is 10.6 Å². The maximum atomic E-state index is 5.80. The second-order valence-corrected chi connectivity index (χ2v) is 4.32. The summed E-state index contributed by atoms with van der Waals surface area (Å²) < 4.78 is 0. The van der Waals surface area contributed by atoms with Gasteiger partial charge in [-0.25, -0.2) is 0 Å². The number of rotatable bonds is 2. The minimum Gasteiger partial charge on any atom is -0.324 e. The van der Waals surface area contributed by atoms with Gasteiger partial charge in [0.1, 0.15) is 0 Å². The quantitative estimate of drug-likeness (QED) is 0.875. The molecule has 0 aliphatic carbocycles. The van der Waals surface area contributed by atoms with Crippen molar-refractivity contribution in [1.82, 2.24) is 4.98 Å². The van der Waals surface area contributed by atoms with Gasteiger partial charge in [-0.05, 0) is 31.2 Å². The van der Waals surface area contributed by atoms with Gasteiger partial charge in [0.2, 0.25) is 0 Å². The molecule has 0 aliphatic heterocycles. The summed E-state index contributed by atoms with van der Waals surface area (Å²) in [5, 5.41) is 0. The van der Waals surface area contributed by atoms with Crippen molar-refractivity contribution in [3.05, 3.63) is 41.4 Å². The van der Waals surface area contributed by atoms with Gasteiger partial charge < -0.3 is 5.73 Å². The van der Waals surface area contributed by atoms with Crippen LogP contribution in [0.1, 0.15) is 17.8 Å². The zero-order valence-corrected chi connectivity index (χ0v) is 10.0. The van der Waals surface area contributed by atoms with E-state index in [1.54, 1.807) is 17.5 Å². The lowest BCUT2D eigenvalue weighted by molar-refractivity contribution is 0.838. The van der Waals surface area contributed by atoms with Crippen LogP contribution in [-0.4, -0.2) is 4.98 Å². The van der Waals surface area contributed by atoms with Crippen LogP contribution in [0.2, 0.25) is 0 Å². The molecular weight excluding hydrogens is 228 g/mol. The van der Waals surface area contributed by atoms with E-state index in [-0.39, 0.29) is 18.4 Å². The van der Waals surface area contributed by atoms with Crippen molar-refractivity contribution in [2.45, 2.75) is 13.0 Å². The van der Waals surface area contributed by atoms with Crippen LogP contribution >= 0.6 is 23.7 Å². The van der Waals surface area contributed by atoms with Crippen molar-refractivity contribution in [3.63, 3.8) is 0 Å². The van der Waals surface area contributed by atoms with Crippen molar-refractivity contribution < 1.29 is 0 Å². The van der Waals surface area contributed by atoms with E-state index in [9.17, 15) is 0 Å². The van der Waals surface area contributed by atoms with Gasteiger partial charge in [-0.1, -0.05) is 6.07 Å². The molecule has 0 saturated heterocycles. The number of aromatic nitrogens is 1. The topological polar surface area (TPSA) is 38.9 Å². The van der Waals surface area contributed by atoms with Gasteiger partial charge in [0.15, 0.2) is 0 Å². The maximum Gasteiger partial charge on any atom is 0.0801 e. The monoisotopic (exact) mass is 240 g/mol. The summed E-state index contributed by atoms with van der Waals surface area (Å²) in [5.41, 5.74) is 6.81. The van der Waals surface area contributed by atoms with Gasteiger partial charge in [0, 0.05) is 17.1 Å². The lowest BCUT2D eigenvalue weighted by Gasteiger charge is -1.98. The third-order valence-corrected chi connectivity index (χ3v) is 3.30. The van der Waals surface area contributed by atoms with E-state index in [1.807, 2.05) is 25.1 Å². The Hall–Kier alpha value is -0.900. The number of hydrogen-bond donors (Lipinski definition) is 1. The van der Waals surface area contributed by atoms with Crippen LogP contribution in [0, 0.1) is 0 Å². The van der Waals surface area contributed by atoms with E-state index in [2.05, 4.69) is 17.1 Å². The molecule has 2 N–H and O–H groups in total. The van der Waals surface area contributed by atoms with Crippen LogP contribution in [-0.2, 0) is 0 Å². The van der Waals surface area contributed by atoms with E-state index >= 15 is 0 Å². The highest BCUT2D eigenvalue weighted by atomic mass is 35.5. The van der Waals surface area contributed by atoms with E-state index in [1.165, 1.54) is 9.75 Å². The molecule has 1 atom stereocenters. The fourth-order valence-electron chi connectivity index (χ4n) is 1.24. The predicted molar refractivity (Wildman–Crippen MR) is 67.4 cm³/mol. The van der Waals surface area contributed by atoms with Crippen molar-refractivity contribution in [2.75, 3.05) is 0 Å². The Labute approximate surface area is 99.6 Å². The predicted octanol–water partition coefficient (Wildman–Crippen LogP) is 3.25. The zero-order valence-electron chi connectivity index (χ0n) is 8.38. The Morgan fingerprint density at radius 3 is 2.60 bits per heavy atom. The van der Waals surface area contributed by atoms with Gasteiger partial charge in [-0.3, -0.25) is 4.98 Å². The molecule has 15 heavy (non-hydrogen) atoms. The summed E-state index contributed by atoms with van der Waals surface area (Å²) in [6.45, 7) is 1.99. The Morgan fingerprint density at radius 1 is 1.27 bits per heavy atom. The van der Waals surface area contributed by atoms with Crippen LogP contribution < -0.4 is 5.73 Å². The normalized spacial score (nSPS) is 11.9. The van der Waals surface area contributed by atoms with E-state index in [0.717, 1.165) is 5.69 Å². The van der Waals surface area contributed by atoms with E-state index < -0.39 is 0 Å². The zero-order chi connectivity index (χ0) is 9.97. The average molecular weight is 241 g/mol. The standard InChI is InChI=1S/C11H12N2S.ClH/c1-8(12)10-5-6-11(14-10)9-4-2-3-7-13-9;/h2-8H,12H2,1H3;1H/t8-;/m0./s1. The third-order valence-electron chi connectivity index (χ3n) is 1.99. The summed E-state index contributed by atoms with van der Waals surface area (Å²) in [6.07, 6.45) is 1.81. The van der Waals surface area contributed by atoms with Crippen LogP contribution in [0.5, 0.6) is 0 Å². The Morgan fingerprint density at radius 2 is 2.07 bits per heavy atom. The summed E-state index contributed by atoms with van der Waals surface area (Å²) >= 11 is 1.71. The molecule has 4 heteroatoms. The van der Waals surface area contributed by atoms with Crippen LogP contribution in [0.4, 0.5) is 0 Å². The molecule has 0 fully saturated rings. The lowest BCUT2D eigenvalue weighted by atomic mass is 10.3. The molecule has 2 aromatic heterocycles. The summed E-state index contributed by atoms with van der Waals surface area (Å²) in [7, 11) is 0. The molecule has 0 amide bonds. The molecule has 2 aromatic rings. The SMILES string of the molecule is C[C@H](N)c1ccc(-c2ccccn2)s1.Cl. The lowest BCUT2D eigenvalue weighted by Crippen LogP contribution is -2.01. The Balaban J connectivity index is 0.00000112. The first-order chi connectivity index (χ1) is 6.77. The first-order valence-electron chi connectivity index (χ1n) is 4.54. The average Bonchev–Trinajstić information content (AvgIpc) is 2.68. The first kappa shape index (κ1) is 12.2. The minimum atomic E-state index is 0.